The molecule has 1 unspecified atom stereocenters. The number of carbonyl (C=O) groups is 2. The first-order valence-electron chi connectivity index (χ1n) is 11.9. The highest BCUT2D eigenvalue weighted by Gasteiger charge is 2.34. The lowest BCUT2D eigenvalue weighted by Gasteiger charge is -2.37. The van der Waals surface area contributed by atoms with E-state index in [1.54, 1.807) is 35.5 Å². The Bertz CT molecular complexity index is 939. The predicted molar refractivity (Wildman–Crippen MR) is 128 cm³/mol. The van der Waals surface area contributed by atoms with Gasteiger partial charge in [0.15, 0.2) is 0 Å². The Hall–Kier alpha value is -2.25. The van der Waals surface area contributed by atoms with Gasteiger partial charge in [0.2, 0.25) is 11.8 Å². The van der Waals surface area contributed by atoms with Gasteiger partial charge in [-0.15, -0.1) is 11.3 Å². The molecule has 0 radical (unpaired) electrons. The number of fused-ring (bicyclic) bond motifs is 1. The highest BCUT2D eigenvalue weighted by molar-refractivity contribution is 7.10. The molecule has 0 bridgehead atoms. The molecular weight excluding hydrogens is 439 g/mol. The average molecular weight is 473 g/mol. The minimum atomic E-state index is -0.295. The molecule has 1 aliphatic heterocycles. The molecule has 178 valence electrons. The van der Waals surface area contributed by atoms with E-state index in [0.29, 0.717) is 32.0 Å². The van der Waals surface area contributed by atoms with E-state index >= 15 is 0 Å². The zero-order chi connectivity index (χ0) is 23.2. The Labute approximate surface area is 199 Å². The van der Waals surface area contributed by atoms with Crippen molar-refractivity contribution in [1.29, 1.82) is 0 Å². The predicted octanol–water partition coefficient (Wildman–Crippen LogP) is 4.81. The summed E-state index contributed by atoms with van der Waals surface area (Å²) in [5.41, 5.74) is 1.99. The lowest BCUT2D eigenvalue weighted by molar-refractivity contribution is -0.142. The molecule has 1 fully saturated rings. The number of methoxy groups -OCH3 is 1. The van der Waals surface area contributed by atoms with Crippen LogP contribution in [-0.4, -0.2) is 55.0 Å². The summed E-state index contributed by atoms with van der Waals surface area (Å²) in [6, 6.07) is 8.19. The van der Waals surface area contributed by atoms with Gasteiger partial charge < -0.3 is 14.5 Å². The summed E-state index contributed by atoms with van der Waals surface area (Å²) in [6.45, 7) is 1.44. The van der Waals surface area contributed by atoms with E-state index in [1.165, 1.54) is 42.7 Å². The van der Waals surface area contributed by atoms with Crippen LogP contribution >= 0.6 is 11.3 Å². The van der Waals surface area contributed by atoms with Crippen LogP contribution in [0.2, 0.25) is 0 Å². The Morgan fingerprint density at radius 3 is 2.67 bits per heavy atom. The first-order chi connectivity index (χ1) is 16.1. The highest BCUT2D eigenvalue weighted by atomic mass is 32.1. The van der Waals surface area contributed by atoms with Crippen LogP contribution in [-0.2, 0) is 20.7 Å². The number of carbonyl (C=O) groups excluding carboxylic acids is 2. The summed E-state index contributed by atoms with van der Waals surface area (Å²) < 4.78 is 18.8. The summed E-state index contributed by atoms with van der Waals surface area (Å²) >= 11 is 1.70. The van der Waals surface area contributed by atoms with Gasteiger partial charge in [0.1, 0.15) is 5.82 Å². The van der Waals surface area contributed by atoms with Gasteiger partial charge >= 0.3 is 0 Å². The summed E-state index contributed by atoms with van der Waals surface area (Å²) in [5.74, 6) is 0.290. The maximum atomic E-state index is 13.6. The summed E-state index contributed by atoms with van der Waals surface area (Å²) in [4.78, 5) is 31.3. The number of amides is 2. The zero-order valence-corrected chi connectivity index (χ0v) is 20.1. The average Bonchev–Trinajstić information content (AvgIpc) is 3.52. The van der Waals surface area contributed by atoms with Crippen molar-refractivity contribution in [1.82, 2.24) is 9.80 Å². The van der Waals surface area contributed by atoms with Gasteiger partial charge in [-0.2, -0.15) is 0 Å². The smallest absolute Gasteiger partial charge is 0.242 e. The van der Waals surface area contributed by atoms with Gasteiger partial charge in [-0.3, -0.25) is 9.59 Å². The molecular formula is C26H33FN2O3S. The minimum Gasteiger partial charge on any atom is -0.383 e. The molecule has 0 saturated heterocycles. The number of benzene rings is 1. The summed E-state index contributed by atoms with van der Waals surface area (Å²) in [5, 5.41) is 2.05. The van der Waals surface area contributed by atoms with Gasteiger partial charge in [-0.05, 0) is 53.5 Å². The van der Waals surface area contributed by atoms with E-state index in [2.05, 4.69) is 6.07 Å². The number of ether oxygens (including phenoxy) is 1. The second-order valence-corrected chi connectivity index (χ2v) is 10.1. The van der Waals surface area contributed by atoms with Crippen LogP contribution in [0.4, 0.5) is 4.39 Å². The molecule has 1 saturated carbocycles. The second-order valence-electron chi connectivity index (χ2n) is 9.09. The van der Waals surface area contributed by atoms with Gasteiger partial charge in [0.25, 0.3) is 0 Å². The fraction of sp³-hybridized carbons (Fsp3) is 0.538. The van der Waals surface area contributed by atoms with Crippen molar-refractivity contribution < 1.29 is 18.7 Å². The van der Waals surface area contributed by atoms with E-state index in [0.717, 1.165) is 24.0 Å². The third-order valence-corrected chi connectivity index (χ3v) is 7.95. The molecule has 2 amide bonds. The molecule has 33 heavy (non-hydrogen) atoms. The maximum absolute atomic E-state index is 13.6. The largest absolute Gasteiger partial charge is 0.383 e. The van der Waals surface area contributed by atoms with Gasteiger partial charge in [-0.25, -0.2) is 4.39 Å². The van der Waals surface area contributed by atoms with E-state index in [9.17, 15) is 14.0 Å². The van der Waals surface area contributed by atoms with Crippen LogP contribution in [0.25, 0.3) is 0 Å². The minimum absolute atomic E-state index is 0.0267. The van der Waals surface area contributed by atoms with Crippen molar-refractivity contribution in [2.45, 2.75) is 51.0 Å². The molecule has 7 heteroatoms. The third kappa shape index (κ3) is 5.82. The van der Waals surface area contributed by atoms with E-state index in [1.807, 2.05) is 10.3 Å². The summed E-state index contributed by atoms with van der Waals surface area (Å²) in [7, 11) is 1.61. The van der Waals surface area contributed by atoms with Crippen LogP contribution in [0.1, 0.15) is 60.6 Å². The van der Waals surface area contributed by atoms with Gasteiger partial charge in [0.05, 0.1) is 19.2 Å². The van der Waals surface area contributed by atoms with Crippen molar-refractivity contribution >= 4 is 23.2 Å². The maximum Gasteiger partial charge on any atom is 0.242 e. The monoisotopic (exact) mass is 472 g/mol. The number of hydrogen-bond acceptors (Lipinski definition) is 4. The lowest BCUT2D eigenvalue weighted by atomic mass is 9.93. The van der Waals surface area contributed by atoms with Crippen molar-refractivity contribution in [3.63, 3.8) is 0 Å². The van der Waals surface area contributed by atoms with Gasteiger partial charge in [0, 0.05) is 31.5 Å². The number of nitrogens with zero attached hydrogens (tertiary/aromatic N) is 2. The Balaban J connectivity index is 1.49. The number of rotatable bonds is 9. The first kappa shape index (κ1) is 23.9. The molecule has 4 rings (SSSR count). The molecule has 2 aromatic rings. The molecule has 1 aromatic carbocycles. The Kier molecular flexibility index (Phi) is 8.15. The van der Waals surface area contributed by atoms with Gasteiger partial charge in [-0.1, -0.05) is 37.8 Å². The van der Waals surface area contributed by atoms with Crippen LogP contribution in [0.3, 0.4) is 0 Å². The summed E-state index contributed by atoms with van der Waals surface area (Å²) in [6.07, 6.45) is 7.11. The van der Waals surface area contributed by atoms with Crippen LogP contribution < -0.4 is 0 Å². The van der Waals surface area contributed by atoms with Crippen molar-refractivity contribution in [2.24, 2.45) is 5.92 Å². The topological polar surface area (TPSA) is 49.9 Å². The van der Waals surface area contributed by atoms with Crippen molar-refractivity contribution in [3.05, 3.63) is 57.5 Å². The molecule has 2 aliphatic rings. The number of thiophene rings is 1. The molecule has 1 aromatic heterocycles. The number of halogens is 1. The lowest BCUT2D eigenvalue weighted by Crippen LogP contribution is -2.47. The Morgan fingerprint density at radius 1 is 1.18 bits per heavy atom. The molecule has 1 atom stereocenters. The molecule has 1 aliphatic carbocycles. The quantitative estimate of drug-likeness (QED) is 0.526. The fourth-order valence-corrected chi connectivity index (χ4v) is 6.03. The van der Waals surface area contributed by atoms with Crippen LogP contribution in [0, 0.1) is 11.7 Å². The standard InChI is InChI=1S/C26H33FN2O3S/c1-32-16-15-28(24(30)11-6-19-4-2-3-5-19)18-25(31)29-14-12-23-22(13-17-33-23)26(29)20-7-9-21(27)10-8-20/h7-10,13,17,19,26H,2-6,11-12,14-16,18H2,1H3. The normalized spacial score (nSPS) is 18.4. The van der Waals surface area contributed by atoms with Crippen molar-refractivity contribution in [2.75, 3.05) is 33.4 Å². The third-order valence-electron chi connectivity index (χ3n) is 6.96. The van der Waals surface area contributed by atoms with Crippen LogP contribution in [0.15, 0.2) is 35.7 Å². The molecule has 2 heterocycles. The highest BCUT2D eigenvalue weighted by Crippen LogP contribution is 2.38. The SMILES string of the molecule is COCCN(CC(=O)N1CCc2sccc2C1c1ccc(F)cc1)C(=O)CCC1CCCC1. The first-order valence-corrected chi connectivity index (χ1v) is 12.8. The molecule has 0 N–H and O–H groups in total. The molecule has 5 nitrogen and oxygen atoms in total. The molecule has 0 spiro atoms. The van der Waals surface area contributed by atoms with E-state index < -0.39 is 0 Å². The van der Waals surface area contributed by atoms with Crippen molar-refractivity contribution in [3.8, 4) is 0 Å². The van der Waals surface area contributed by atoms with E-state index in [4.69, 9.17) is 4.74 Å². The van der Waals surface area contributed by atoms with E-state index in [-0.39, 0.29) is 30.2 Å². The zero-order valence-electron chi connectivity index (χ0n) is 19.3. The second kappa shape index (κ2) is 11.3. The Morgan fingerprint density at radius 2 is 1.94 bits per heavy atom. The number of hydrogen-bond donors (Lipinski definition) is 0. The van der Waals surface area contributed by atoms with Crippen LogP contribution in [0.5, 0.6) is 0 Å². The fourth-order valence-electron chi connectivity index (χ4n) is 5.12.